The predicted octanol–water partition coefficient (Wildman–Crippen LogP) is 1.22. The van der Waals surface area contributed by atoms with Crippen LogP contribution in [0.4, 0.5) is 0 Å². The van der Waals surface area contributed by atoms with Gasteiger partial charge in [-0.2, -0.15) is 0 Å². The van der Waals surface area contributed by atoms with Gasteiger partial charge in [-0.25, -0.2) is 0 Å². The molecule has 1 saturated heterocycles. The van der Waals surface area contributed by atoms with E-state index in [1.54, 1.807) is 7.11 Å². The summed E-state index contributed by atoms with van der Waals surface area (Å²) in [6, 6.07) is 1.17. The van der Waals surface area contributed by atoms with Crippen molar-refractivity contribution in [2.45, 2.75) is 50.7 Å². The number of ether oxygens (including phenoxy) is 1. The van der Waals surface area contributed by atoms with E-state index in [1.165, 1.54) is 0 Å². The van der Waals surface area contributed by atoms with E-state index >= 15 is 0 Å². The second kappa shape index (κ2) is 4.60. The van der Waals surface area contributed by atoms with Gasteiger partial charge in [0.1, 0.15) is 0 Å². The Balaban J connectivity index is 2.54. The molecule has 0 aliphatic carbocycles. The average molecular weight is 200 g/mol. The number of nitrogens with zero attached hydrogens (tertiary/aromatic N) is 1. The van der Waals surface area contributed by atoms with Gasteiger partial charge >= 0.3 is 0 Å². The van der Waals surface area contributed by atoms with E-state index in [2.05, 4.69) is 25.8 Å². The molecule has 0 aromatic heterocycles. The fraction of sp³-hybridized carbons (Fsp3) is 1.00. The molecule has 1 heterocycles. The molecule has 0 aromatic carbocycles. The zero-order valence-corrected chi connectivity index (χ0v) is 9.92. The van der Waals surface area contributed by atoms with Gasteiger partial charge in [0.15, 0.2) is 0 Å². The highest BCUT2D eigenvalue weighted by Gasteiger charge is 2.36. The van der Waals surface area contributed by atoms with Crippen molar-refractivity contribution >= 4 is 0 Å². The Labute approximate surface area is 87.6 Å². The Hall–Kier alpha value is -0.120. The number of hydrogen-bond donors (Lipinski definition) is 1. The lowest BCUT2D eigenvalue weighted by molar-refractivity contribution is 0.0603. The molecule has 1 fully saturated rings. The van der Waals surface area contributed by atoms with Crippen molar-refractivity contribution in [1.29, 1.82) is 0 Å². The normalized spacial score (nSPS) is 40.1. The van der Waals surface area contributed by atoms with Gasteiger partial charge < -0.3 is 15.4 Å². The van der Waals surface area contributed by atoms with Crippen LogP contribution in [0.5, 0.6) is 0 Å². The van der Waals surface area contributed by atoms with E-state index in [4.69, 9.17) is 10.5 Å². The third-order valence-electron chi connectivity index (χ3n) is 3.60. The Morgan fingerprint density at radius 1 is 1.36 bits per heavy atom. The summed E-state index contributed by atoms with van der Waals surface area (Å²) in [6.45, 7) is 5.29. The molecule has 0 bridgehead atoms. The molecule has 0 aromatic rings. The zero-order valence-electron chi connectivity index (χ0n) is 9.92. The maximum atomic E-state index is 6.38. The lowest BCUT2D eigenvalue weighted by Crippen LogP contribution is -2.56. The quantitative estimate of drug-likeness (QED) is 0.744. The van der Waals surface area contributed by atoms with Crippen molar-refractivity contribution in [3.8, 4) is 0 Å². The molecule has 1 aliphatic heterocycles. The van der Waals surface area contributed by atoms with Gasteiger partial charge in [0.25, 0.3) is 0 Å². The van der Waals surface area contributed by atoms with Crippen molar-refractivity contribution in [2.75, 3.05) is 20.8 Å². The van der Waals surface area contributed by atoms with E-state index in [0.717, 1.165) is 25.9 Å². The minimum Gasteiger partial charge on any atom is -0.385 e. The van der Waals surface area contributed by atoms with Gasteiger partial charge in [-0.1, -0.05) is 0 Å². The van der Waals surface area contributed by atoms with Crippen molar-refractivity contribution in [3.63, 3.8) is 0 Å². The van der Waals surface area contributed by atoms with E-state index in [-0.39, 0.29) is 5.54 Å². The van der Waals surface area contributed by atoms with Gasteiger partial charge in [0.2, 0.25) is 0 Å². The molecular formula is C11H24N2O. The maximum absolute atomic E-state index is 6.38. The number of piperidine rings is 1. The van der Waals surface area contributed by atoms with Gasteiger partial charge in [-0.15, -0.1) is 0 Å². The molecular weight excluding hydrogens is 176 g/mol. The second-order valence-corrected chi connectivity index (χ2v) is 4.88. The van der Waals surface area contributed by atoms with Crippen LogP contribution in [0.15, 0.2) is 0 Å². The van der Waals surface area contributed by atoms with Crippen molar-refractivity contribution < 1.29 is 4.74 Å². The summed E-state index contributed by atoms with van der Waals surface area (Å²) in [6.07, 6.45) is 3.14. The Morgan fingerprint density at radius 2 is 1.86 bits per heavy atom. The molecule has 2 N–H and O–H groups in total. The summed E-state index contributed by atoms with van der Waals surface area (Å²) in [5.74, 6) is 0. The number of rotatable bonds is 3. The predicted molar refractivity (Wildman–Crippen MR) is 59.3 cm³/mol. The van der Waals surface area contributed by atoms with Crippen LogP contribution in [0.1, 0.15) is 33.1 Å². The van der Waals surface area contributed by atoms with Gasteiger partial charge in [-0.3, -0.25) is 0 Å². The maximum Gasteiger partial charge on any atom is 0.0479 e. The topological polar surface area (TPSA) is 38.5 Å². The number of likely N-dealkylation sites (tertiary alicyclic amines) is 1. The fourth-order valence-corrected chi connectivity index (χ4v) is 2.49. The van der Waals surface area contributed by atoms with Gasteiger partial charge in [0.05, 0.1) is 0 Å². The Morgan fingerprint density at radius 3 is 2.29 bits per heavy atom. The average Bonchev–Trinajstić information content (AvgIpc) is 2.11. The minimum atomic E-state index is -0.0125. The molecule has 1 unspecified atom stereocenters. The first-order valence-corrected chi connectivity index (χ1v) is 5.48. The third-order valence-corrected chi connectivity index (χ3v) is 3.60. The van der Waals surface area contributed by atoms with Crippen LogP contribution in [-0.2, 0) is 4.74 Å². The SMILES string of the molecule is COCCC1(N)C[C@@H](C)N(C)[C@@H](C)C1. The van der Waals surface area contributed by atoms with Crippen molar-refractivity contribution in [1.82, 2.24) is 4.90 Å². The minimum absolute atomic E-state index is 0.0125. The molecule has 1 rings (SSSR count). The van der Waals surface area contributed by atoms with E-state index in [1.807, 2.05) is 0 Å². The van der Waals surface area contributed by atoms with Crippen molar-refractivity contribution in [3.05, 3.63) is 0 Å². The Bertz CT molecular complexity index is 172. The van der Waals surface area contributed by atoms with Gasteiger partial charge in [-0.05, 0) is 40.2 Å². The van der Waals surface area contributed by atoms with Crippen LogP contribution in [0.25, 0.3) is 0 Å². The molecule has 0 amide bonds. The first-order chi connectivity index (χ1) is 6.48. The molecule has 14 heavy (non-hydrogen) atoms. The molecule has 1 aliphatic rings. The first-order valence-electron chi connectivity index (χ1n) is 5.48. The number of hydrogen-bond acceptors (Lipinski definition) is 3. The summed E-state index contributed by atoms with van der Waals surface area (Å²) in [4.78, 5) is 2.41. The number of nitrogens with two attached hydrogens (primary N) is 1. The van der Waals surface area contributed by atoms with Crippen LogP contribution in [-0.4, -0.2) is 43.3 Å². The molecule has 3 heteroatoms. The van der Waals surface area contributed by atoms with Gasteiger partial charge in [0, 0.05) is 31.3 Å². The van der Waals surface area contributed by atoms with Crippen LogP contribution >= 0.6 is 0 Å². The highest BCUT2D eigenvalue weighted by atomic mass is 16.5. The summed E-state index contributed by atoms with van der Waals surface area (Å²) in [5.41, 5.74) is 6.37. The summed E-state index contributed by atoms with van der Waals surface area (Å²) >= 11 is 0. The smallest absolute Gasteiger partial charge is 0.0479 e. The lowest BCUT2D eigenvalue weighted by Gasteiger charge is -2.46. The summed E-state index contributed by atoms with van der Waals surface area (Å²) in [5, 5.41) is 0. The van der Waals surface area contributed by atoms with Crippen LogP contribution in [0, 0.1) is 0 Å². The van der Waals surface area contributed by atoms with Crippen LogP contribution in [0.3, 0.4) is 0 Å². The van der Waals surface area contributed by atoms with Crippen LogP contribution in [0.2, 0.25) is 0 Å². The molecule has 0 saturated carbocycles. The van der Waals surface area contributed by atoms with E-state index < -0.39 is 0 Å². The molecule has 3 atom stereocenters. The Kier molecular flexibility index (Phi) is 3.93. The highest BCUT2D eigenvalue weighted by Crippen LogP contribution is 2.30. The standard InChI is InChI=1S/C11H24N2O/c1-9-7-11(12,5-6-14-4)8-10(2)13(9)3/h9-10H,5-8,12H2,1-4H3/t9-,10+,11?. The van der Waals surface area contributed by atoms with E-state index in [9.17, 15) is 0 Å². The highest BCUT2D eigenvalue weighted by molar-refractivity contribution is 4.96. The molecule has 84 valence electrons. The monoisotopic (exact) mass is 200 g/mol. The van der Waals surface area contributed by atoms with Crippen molar-refractivity contribution in [2.24, 2.45) is 5.73 Å². The summed E-state index contributed by atoms with van der Waals surface area (Å²) in [7, 11) is 3.93. The molecule has 0 spiro atoms. The third kappa shape index (κ3) is 2.69. The molecule has 3 nitrogen and oxygen atoms in total. The zero-order chi connectivity index (χ0) is 10.8. The number of methoxy groups -OCH3 is 1. The summed E-state index contributed by atoms with van der Waals surface area (Å²) < 4.78 is 5.11. The molecule has 0 radical (unpaired) electrons. The second-order valence-electron chi connectivity index (χ2n) is 4.88. The van der Waals surface area contributed by atoms with E-state index in [0.29, 0.717) is 12.1 Å². The lowest BCUT2D eigenvalue weighted by atomic mass is 9.79. The van der Waals surface area contributed by atoms with Crippen LogP contribution < -0.4 is 5.73 Å². The first kappa shape index (κ1) is 12.0. The largest absolute Gasteiger partial charge is 0.385 e. The fourth-order valence-electron chi connectivity index (χ4n) is 2.49.